The highest BCUT2D eigenvalue weighted by atomic mass is 35.5. The number of hydrogen-bond donors (Lipinski definition) is 1. The van der Waals surface area contributed by atoms with Gasteiger partial charge in [-0.15, -0.1) is 0 Å². The lowest BCUT2D eigenvalue weighted by molar-refractivity contribution is 0.0951. The summed E-state index contributed by atoms with van der Waals surface area (Å²) in [6, 6.07) is 17.2. The fourth-order valence-corrected chi connectivity index (χ4v) is 2.50. The Balaban J connectivity index is 1.67. The largest absolute Gasteiger partial charge is 0.288 e. The normalized spacial score (nSPS) is 10.4. The summed E-state index contributed by atoms with van der Waals surface area (Å²) in [5.74, 6) is -0.216. The molecule has 24 heavy (non-hydrogen) atoms. The fourth-order valence-electron chi connectivity index (χ4n) is 2.30. The van der Waals surface area contributed by atoms with E-state index in [1.165, 1.54) is 0 Å². The molecule has 0 saturated heterocycles. The first kappa shape index (κ1) is 16.1. The highest BCUT2D eigenvalue weighted by Crippen LogP contribution is 2.16. The van der Waals surface area contributed by atoms with Crippen molar-refractivity contribution in [2.24, 2.45) is 0 Å². The van der Waals surface area contributed by atoms with Gasteiger partial charge in [-0.1, -0.05) is 48.0 Å². The molecule has 0 radical (unpaired) electrons. The van der Waals surface area contributed by atoms with Crippen LogP contribution in [-0.4, -0.2) is 22.7 Å². The number of halogens is 1. The Kier molecular flexibility index (Phi) is 4.82. The van der Waals surface area contributed by atoms with Crippen molar-refractivity contribution in [2.75, 3.05) is 12.1 Å². The van der Waals surface area contributed by atoms with E-state index in [9.17, 15) is 4.79 Å². The van der Waals surface area contributed by atoms with Gasteiger partial charge in [0.15, 0.2) is 0 Å². The molecule has 2 aromatic carbocycles. The molecule has 0 atom stereocenters. The number of nitrogens with zero attached hydrogens (tertiary/aromatic N) is 3. The molecule has 0 aliphatic heterocycles. The third-order valence-corrected chi connectivity index (χ3v) is 3.97. The van der Waals surface area contributed by atoms with Gasteiger partial charge in [-0.3, -0.25) is 19.9 Å². The number of benzene rings is 2. The summed E-state index contributed by atoms with van der Waals surface area (Å²) in [6.07, 6.45) is 3.25. The van der Waals surface area contributed by atoms with Crippen molar-refractivity contribution in [3.05, 3.63) is 83.1 Å². The predicted molar refractivity (Wildman–Crippen MR) is 95.1 cm³/mol. The van der Waals surface area contributed by atoms with Gasteiger partial charge in [0.25, 0.3) is 5.91 Å². The van der Waals surface area contributed by atoms with Gasteiger partial charge >= 0.3 is 0 Å². The molecule has 1 heterocycles. The number of para-hydroxylation sites is 1. The van der Waals surface area contributed by atoms with Gasteiger partial charge in [0.1, 0.15) is 0 Å². The minimum absolute atomic E-state index is 0.216. The van der Waals surface area contributed by atoms with E-state index >= 15 is 0 Å². The summed E-state index contributed by atoms with van der Waals surface area (Å²) in [5, 5.41) is 6.59. The lowest BCUT2D eigenvalue weighted by Gasteiger charge is -2.19. The molecule has 3 aromatic rings. The zero-order chi connectivity index (χ0) is 16.9. The summed E-state index contributed by atoms with van der Waals surface area (Å²) < 4.78 is 1.69. The number of hydrogen-bond acceptors (Lipinski definition) is 3. The van der Waals surface area contributed by atoms with Crippen molar-refractivity contribution in [1.82, 2.24) is 15.2 Å². The summed E-state index contributed by atoms with van der Waals surface area (Å²) in [5.41, 5.74) is 5.16. The number of carbonyl (C=O) groups is 1. The van der Waals surface area contributed by atoms with Gasteiger partial charge in [-0.05, 0) is 23.8 Å². The average Bonchev–Trinajstić information content (AvgIpc) is 3.06. The summed E-state index contributed by atoms with van der Waals surface area (Å²) in [7, 11) is 1.79. The van der Waals surface area contributed by atoms with E-state index in [-0.39, 0.29) is 5.91 Å². The highest BCUT2D eigenvalue weighted by Gasteiger charge is 2.11. The number of hydrazine groups is 1. The Morgan fingerprint density at radius 2 is 1.88 bits per heavy atom. The fraction of sp³-hybridized carbons (Fsp3) is 0.111. The molecule has 6 heteroatoms. The third kappa shape index (κ3) is 3.75. The number of anilines is 1. The maximum absolute atomic E-state index is 12.3. The smallest absolute Gasteiger partial charge is 0.272 e. The van der Waals surface area contributed by atoms with Gasteiger partial charge < -0.3 is 0 Å². The van der Waals surface area contributed by atoms with Crippen molar-refractivity contribution in [3.63, 3.8) is 0 Å². The van der Waals surface area contributed by atoms with Gasteiger partial charge in [0, 0.05) is 18.3 Å². The quantitative estimate of drug-likeness (QED) is 0.724. The number of carbonyl (C=O) groups excluding carboxylic acids is 1. The van der Waals surface area contributed by atoms with E-state index in [2.05, 4.69) is 10.5 Å². The molecule has 1 aromatic heterocycles. The van der Waals surface area contributed by atoms with Crippen LogP contribution < -0.4 is 10.4 Å². The topological polar surface area (TPSA) is 50.2 Å². The van der Waals surface area contributed by atoms with E-state index in [0.717, 1.165) is 11.3 Å². The maximum atomic E-state index is 12.3. The second-order valence-corrected chi connectivity index (χ2v) is 5.76. The maximum Gasteiger partial charge on any atom is 0.272 e. The van der Waals surface area contributed by atoms with Crippen molar-refractivity contribution in [1.29, 1.82) is 0 Å². The van der Waals surface area contributed by atoms with Crippen LogP contribution in [0, 0.1) is 0 Å². The summed E-state index contributed by atoms with van der Waals surface area (Å²) >= 11 is 6.15. The van der Waals surface area contributed by atoms with Crippen LogP contribution >= 0.6 is 11.6 Å². The third-order valence-electron chi connectivity index (χ3n) is 3.60. The Morgan fingerprint density at radius 3 is 2.62 bits per heavy atom. The first-order valence-corrected chi connectivity index (χ1v) is 7.87. The molecule has 122 valence electrons. The molecule has 0 aliphatic carbocycles. The van der Waals surface area contributed by atoms with Crippen molar-refractivity contribution in [3.8, 4) is 0 Å². The standard InChI is InChI=1S/C18H17ClN4O/c1-22(16-8-3-2-4-9-16)21-18(24)15-11-20-23(13-15)12-14-7-5-6-10-17(14)19/h2-11,13H,12H2,1H3,(H,21,24). The van der Waals surface area contributed by atoms with Gasteiger partial charge in [0.05, 0.1) is 24.0 Å². The number of amides is 1. The molecular formula is C18H17ClN4O. The van der Waals surface area contributed by atoms with Crippen LogP contribution in [0.3, 0.4) is 0 Å². The molecule has 0 saturated carbocycles. The second-order valence-electron chi connectivity index (χ2n) is 5.35. The summed E-state index contributed by atoms with van der Waals surface area (Å²) in [6.45, 7) is 0.515. The van der Waals surface area contributed by atoms with Crippen molar-refractivity contribution in [2.45, 2.75) is 6.54 Å². The van der Waals surface area contributed by atoms with E-state index < -0.39 is 0 Å². The molecule has 0 aliphatic rings. The van der Waals surface area contributed by atoms with Crippen LogP contribution in [0.1, 0.15) is 15.9 Å². The van der Waals surface area contributed by atoms with E-state index in [1.807, 2.05) is 54.6 Å². The lowest BCUT2D eigenvalue weighted by Crippen LogP contribution is -2.39. The Hall–Kier alpha value is -2.79. The van der Waals surface area contributed by atoms with Crippen LogP contribution in [0.15, 0.2) is 67.0 Å². The second kappa shape index (κ2) is 7.19. The zero-order valence-electron chi connectivity index (χ0n) is 13.2. The number of nitrogens with one attached hydrogen (secondary N) is 1. The number of rotatable bonds is 5. The minimum atomic E-state index is -0.216. The Bertz CT molecular complexity index is 832. The van der Waals surface area contributed by atoms with Gasteiger partial charge in [0.2, 0.25) is 0 Å². The first-order chi connectivity index (χ1) is 11.6. The molecular weight excluding hydrogens is 324 g/mol. The molecule has 0 unspecified atom stereocenters. The molecule has 3 rings (SSSR count). The van der Waals surface area contributed by atoms with Crippen LogP contribution in [0.4, 0.5) is 5.69 Å². The molecule has 5 nitrogen and oxygen atoms in total. The monoisotopic (exact) mass is 340 g/mol. The minimum Gasteiger partial charge on any atom is -0.288 e. The Morgan fingerprint density at radius 1 is 1.17 bits per heavy atom. The van der Waals surface area contributed by atoms with Crippen LogP contribution in [-0.2, 0) is 6.54 Å². The van der Waals surface area contributed by atoms with Gasteiger partial charge in [-0.2, -0.15) is 5.10 Å². The van der Waals surface area contributed by atoms with E-state index in [0.29, 0.717) is 17.1 Å². The first-order valence-electron chi connectivity index (χ1n) is 7.49. The SMILES string of the molecule is CN(NC(=O)c1cnn(Cc2ccccc2Cl)c1)c1ccccc1. The highest BCUT2D eigenvalue weighted by molar-refractivity contribution is 6.31. The van der Waals surface area contributed by atoms with Crippen LogP contribution in [0.25, 0.3) is 0 Å². The Labute approximate surface area is 145 Å². The zero-order valence-corrected chi connectivity index (χ0v) is 13.9. The summed E-state index contributed by atoms with van der Waals surface area (Å²) in [4.78, 5) is 12.3. The molecule has 0 bridgehead atoms. The predicted octanol–water partition coefficient (Wildman–Crippen LogP) is 3.37. The number of aromatic nitrogens is 2. The lowest BCUT2D eigenvalue weighted by atomic mass is 10.2. The van der Waals surface area contributed by atoms with Crippen LogP contribution in [0.5, 0.6) is 0 Å². The van der Waals surface area contributed by atoms with Crippen molar-refractivity contribution >= 4 is 23.2 Å². The molecule has 0 spiro atoms. The van der Waals surface area contributed by atoms with Crippen molar-refractivity contribution < 1.29 is 4.79 Å². The van der Waals surface area contributed by atoms with Crippen LogP contribution in [0.2, 0.25) is 5.02 Å². The van der Waals surface area contributed by atoms with E-state index in [1.54, 1.807) is 29.1 Å². The van der Waals surface area contributed by atoms with Gasteiger partial charge in [-0.25, -0.2) is 0 Å². The molecule has 1 amide bonds. The van der Waals surface area contributed by atoms with E-state index in [4.69, 9.17) is 11.6 Å². The molecule has 1 N–H and O–H groups in total. The average molecular weight is 341 g/mol. The molecule has 0 fully saturated rings.